The normalized spacial score (nSPS) is 43.4. The first-order valence-electron chi connectivity index (χ1n) is 11.0. The molecule has 4 aliphatic rings. The van der Waals surface area contributed by atoms with Crippen molar-refractivity contribution in [2.24, 2.45) is 45.3 Å². The Morgan fingerprint density at radius 1 is 1.30 bits per heavy atom. The van der Waals surface area contributed by atoms with Gasteiger partial charge >= 0.3 is 0 Å². The number of aliphatic hydroxyl groups excluding tert-OH is 2. The average Bonchev–Trinajstić information content (AvgIpc) is 3.07. The summed E-state index contributed by atoms with van der Waals surface area (Å²) in [5, 5.41) is 24.9. The molecular weight excluding hydrogens is 382 g/mol. The van der Waals surface area contributed by atoms with Gasteiger partial charge in [-0.15, -0.1) is 0 Å². The summed E-state index contributed by atoms with van der Waals surface area (Å²) in [6, 6.07) is 0. The van der Waals surface area contributed by atoms with E-state index in [2.05, 4.69) is 30.5 Å². The van der Waals surface area contributed by atoms with Crippen LogP contribution in [0.15, 0.2) is 28.9 Å². The van der Waals surface area contributed by atoms with Crippen LogP contribution in [0.5, 0.6) is 0 Å². The number of carbonyl (C=O) groups excluding carboxylic acids is 2. The predicted molar refractivity (Wildman–Crippen MR) is 113 cm³/mol. The second-order valence-corrected chi connectivity index (χ2v) is 9.93. The van der Waals surface area contributed by atoms with Crippen LogP contribution >= 0.6 is 0 Å². The number of Topliss-reactive ketones (excluding diaryl/α,β-unsaturated/α-hetero) is 1. The molecule has 4 aliphatic carbocycles. The molecule has 7 heteroatoms. The fraction of sp³-hybridized carbons (Fsp3) is 0.696. The van der Waals surface area contributed by atoms with E-state index in [4.69, 9.17) is 5.73 Å². The van der Waals surface area contributed by atoms with Gasteiger partial charge in [-0.05, 0) is 61.5 Å². The van der Waals surface area contributed by atoms with E-state index in [0.717, 1.165) is 25.7 Å². The Labute approximate surface area is 177 Å². The van der Waals surface area contributed by atoms with E-state index in [1.54, 1.807) is 0 Å². The molecule has 0 spiro atoms. The monoisotopic (exact) mass is 415 g/mol. The molecule has 0 aromatic rings. The molecule has 0 aromatic carbocycles. The molecule has 7 unspecified atom stereocenters. The molecule has 164 valence electrons. The van der Waals surface area contributed by atoms with Gasteiger partial charge in [0.05, 0.1) is 18.4 Å². The number of nitrogens with one attached hydrogen (secondary N) is 1. The topological polar surface area (TPSA) is 125 Å². The Balaban J connectivity index is 1.61. The summed E-state index contributed by atoms with van der Waals surface area (Å²) in [6.07, 6.45) is 9.83. The quantitative estimate of drug-likeness (QED) is 0.515. The van der Waals surface area contributed by atoms with Gasteiger partial charge in [-0.2, -0.15) is 5.10 Å². The van der Waals surface area contributed by atoms with Crippen molar-refractivity contribution in [3.63, 3.8) is 0 Å². The largest absolute Gasteiger partial charge is 0.393 e. The molecule has 0 aliphatic heterocycles. The third-order valence-electron chi connectivity index (χ3n) is 8.54. The van der Waals surface area contributed by atoms with Crippen molar-refractivity contribution < 1.29 is 19.8 Å². The lowest BCUT2D eigenvalue weighted by atomic mass is 9.46. The summed E-state index contributed by atoms with van der Waals surface area (Å²) < 4.78 is 0. The van der Waals surface area contributed by atoms with E-state index < -0.39 is 12.7 Å². The minimum absolute atomic E-state index is 0.0776. The molecule has 0 bridgehead atoms. The Kier molecular flexibility index (Phi) is 5.49. The molecule has 7 nitrogen and oxygen atoms in total. The highest BCUT2D eigenvalue weighted by Gasteiger charge is 2.62. The number of nitrogens with two attached hydrogens (primary N) is 1. The summed E-state index contributed by atoms with van der Waals surface area (Å²) in [5.41, 5.74) is 9.19. The van der Waals surface area contributed by atoms with Crippen LogP contribution in [-0.2, 0) is 9.59 Å². The Morgan fingerprint density at radius 2 is 2.07 bits per heavy atom. The highest BCUT2D eigenvalue weighted by atomic mass is 16.3. The van der Waals surface area contributed by atoms with Crippen molar-refractivity contribution in [3.05, 3.63) is 23.8 Å². The molecule has 7 atom stereocenters. The van der Waals surface area contributed by atoms with Gasteiger partial charge in [-0.1, -0.05) is 25.5 Å². The molecule has 5 N–H and O–H groups in total. The molecule has 3 fully saturated rings. The first-order chi connectivity index (χ1) is 14.2. The van der Waals surface area contributed by atoms with Crippen LogP contribution < -0.4 is 11.2 Å². The van der Waals surface area contributed by atoms with Crippen LogP contribution in [0.3, 0.4) is 0 Å². The van der Waals surface area contributed by atoms with Crippen molar-refractivity contribution in [1.82, 2.24) is 5.43 Å². The van der Waals surface area contributed by atoms with Crippen molar-refractivity contribution in [2.75, 3.05) is 13.2 Å². The zero-order valence-corrected chi connectivity index (χ0v) is 17.8. The molecule has 4 rings (SSSR count). The zero-order valence-electron chi connectivity index (χ0n) is 17.8. The number of rotatable bonds is 4. The predicted octanol–water partition coefficient (Wildman–Crippen LogP) is 1.30. The van der Waals surface area contributed by atoms with E-state index in [1.807, 2.05) is 12.2 Å². The second kappa shape index (κ2) is 7.70. The van der Waals surface area contributed by atoms with E-state index >= 15 is 0 Å². The van der Waals surface area contributed by atoms with Gasteiger partial charge in [0.2, 0.25) is 0 Å². The summed E-state index contributed by atoms with van der Waals surface area (Å²) in [7, 11) is 0. The lowest BCUT2D eigenvalue weighted by Gasteiger charge is -2.58. The number of ketones is 1. The van der Waals surface area contributed by atoms with Gasteiger partial charge in [0.25, 0.3) is 5.91 Å². The van der Waals surface area contributed by atoms with Gasteiger partial charge in [0.1, 0.15) is 6.61 Å². The van der Waals surface area contributed by atoms with Gasteiger partial charge in [-0.25, -0.2) is 5.43 Å². The van der Waals surface area contributed by atoms with Crippen LogP contribution in [0, 0.1) is 34.5 Å². The molecule has 3 saturated carbocycles. The molecule has 0 heterocycles. The third-order valence-corrected chi connectivity index (χ3v) is 8.54. The number of carbonyl (C=O) groups is 2. The lowest BCUT2D eigenvalue weighted by molar-refractivity contribution is -0.140. The van der Waals surface area contributed by atoms with Crippen molar-refractivity contribution in [2.45, 2.75) is 52.1 Å². The summed E-state index contributed by atoms with van der Waals surface area (Å²) >= 11 is 0. The number of amides is 1. The standard InChI is InChI=1S/C23H33N3O4/c1-22-8-7-14(25-26-20(30)11-24)9-13(22)3-4-15-16-5-6-17(19(29)12-27)23(16,2)10-18(28)21(15)22/h7-9,15-18,21,27-28H,3-6,10-12,24H2,1-2H3,(H,26,30)/b25-14+. The van der Waals surface area contributed by atoms with Crippen LogP contribution in [-0.4, -0.2) is 46.9 Å². The maximum absolute atomic E-state index is 12.4. The molecule has 0 aromatic heterocycles. The molecular formula is C23H33N3O4. The molecule has 0 radical (unpaired) electrons. The number of hydrogen-bond acceptors (Lipinski definition) is 6. The number of hydrogen-bond donors (Lipinski definition) is 4. The van der Waals surface area contributed by atoms with E-state index in [0.29, 0.717) is 24.0 Å². The zero-order chi connectivity index (χ0) is 21.7. The summed E-state index contributed by atoms with van der Waals surface area (Å²) in [6.45, 7) is 3.83. The van der Waals surface area contributed by atoms with Gasteiger partial charge in [0.15, 0.2) is 5.78 Å². The minimum Gasteiger partial charge on any atom is -0.393 e. The maximum Gasteiger partial charge on any atom is 0.253 e. The van der Waals surface area contributed by atoms with Crippen molar-refractivity contribution in [3.8, 4) is 0 Å². The Morgan fingerprint density at radius 3 is 2.77 bits per heavy atom. The van der Waals surface area contributed by atoms with Crippen LogP contribution in [0.4, 0.5) is 0 Å². The van der Waals surface area contributed by atoms with E-state index in [9.17, 15) is 19.8 Å². The maximum atomic E-state index is 12.4. The second-order valence-electron chi connectivity index (χ2n) is 9.93. The van der Waals surface area contributed by atoms with E-state index in [1.165, 1.54) is 5.57 Å². The SMILES string of the molecule is CC12C=C/C(=N\NC(=O)CN)C=C1CCC1C2C(O)CC2(C)C(C(=O)CO)CCC12. The van der Waals surface area contributed by atoms with Gasteiger partial charge < -0.3 is 15.9 Å². The number of fused-ring (bicyclic) bond motifs is 5. The highest BCUT2D eigenvalue weighted by molar-refractivity contribution is 6.06. The fourth-order valence-electron chi connectivity index (χ4n) is 7.22. The van der Waals surface area contributed by atoms with Gasteiger partial charge in [0, 0.05) is 17.3 Å². The highest BCUT2D eigenvalue weighted by Crippen LogP contribution is 2.66. The van der Waals surface area contributed by atoms with Crippen LogP contribution in [0.2, 0.25) is 0 Å². The fourth-order valence-corrected chi connectivity index (χ4v) is 7.22. The first kappa shape index (κ1) is 21.4. The Hall–Kier alpha value is -1.83. The number of hydrazone groups is 1. The third kappa shape index (κ3) is 3.18. The number of nitrogens with zero attached hydrogens (tertiary/aromatic N) is 1. The Bertz CT molecular complexity index is 834. The molecule has 30 heavy (non-hydrogen) atoms. The molecule has 1 amide bonds. The van der Waals surface area contributed by atoms with Crippen molar-refractivity contribution >= 4 is 17.4 Å². The van der Waals surface area contributed by atoms with Crippen LogP contribution in [0.25, 0.3) is 0 Å². The number of allylic oxidation sites excluding steroid dienone is 4. The van der Waals surface area contributed by atoms with Crippen molar-refractivity contribution in [1.29, 1.82) is 0 Å². The van der Waals surface area contributed by atoms with E-state index in [-0.39, 0.29) is 40.9 Å². The summed E-state index contributed by atoms with van der Waals surface area (Å²) in [4.78, 5) is 23.8. The smallest absolute Gasteiger partial charge is 0.253 e. The minimum atomic E-state index is -0.503. The average molecular weight is 416 g/mol. The summed E-state index contributed by atoms with van der Waals surface area (Å²) in [5.74, 6) is 0.261. The number of aliphatic hydroxyl groups is 2. The molecule has 0 saturated heterocycles. The van der Waals surface area contributed by atoms with Gasteiger partial charge in [-0.3, -0.25) is 9.59 Å². The van der Waals surface area contributed by atoms with Crippen LogP contribution in [0.1, 0.15) is 46.0 Å². The lowest BCUT2D eigenvalue weighted by Crippen LogP contribution is -2.56. The first-order valence-corrected chi connectivity index (χ1v) is 11.0.